The van der Waals surface area contributed by atoms with Gasteiger partial charge in [0.2, 0.25) is 0 Å². The van der Waals surface area contributed by atoms with Crippen molar-refractivity contribution in [2.24, 2.45) is 0 Å². The topological polar surface area (TPSA) is 21.1 Å². The number of benzene rings is 1. The van der Waals surface area contributed by atoms with Crippen molar-refractivity contribution < 1.29 is 0 Å². The summed E-state index contributed by atoms with van der Waals surface area (Å²) in [5.41, 5.74) is 1.28. The summed E-state index contributed by atoms with van der Waals surface area (Å²) in [6.07, 6.45) is 1.96. The highest BCUT2D eigenvalue weighted by molar-refractivity contribution is 7.25. The van der Waals surface area contributed by atoms with E-state index < -0.39 is 0 Å². The van der Waals surface area contributed by atoms with Gasteiger partial charge in [0.1, 0.15) is 4.83 Å². The van der Waals surface area contributed by atoms with Gasteiger partial charge in [-0.1, -0.05) is 18.2 Å². The number of likely N-dealkylation sites (N-methyl/N-ethyl adjacent to an activating group) is 1. The fourth-order valence-corrected chi connectivity index (χ4v) is 3.09. The molecule has 0 fully saturated rings. The largest absolute Gasteiger partial charge is 0.328 e. The number of imidazole rings is 1. The molecule has 0 saturated heterocycles. The van der Waals surface area contributed by atoms with Crippen molar-refractivity contribution in [2.45, 2.75) is 6.54 Å². The molecule has 0 atom stereocenters. The summed E-state index contributed by atoms with van der Waals surface area (Å²) in [5, 5.41) is 1.32. The van der Waals surface area contributed by atoms with E-state index in [2.05, 4.69) is 52.8 Å². The van der Waals surface area contributed by atoms with Crippen LogP contribution in [0, 0.1) is 0 Å². The van der Waals surface area contributed by atoms with Crippen molar-refractivity contribution in [1.29, 1.82) is 0 Å². The van der Waals surface area contributed by atoms with Crippen LogP contribution in [0.1, 0.15) is 0 Å². The fourth-order valence-electron chi connectivity index (χ4n) is 2.04. The van der Waals surface area contributed by atoms with Gasteiger partial charge in [0, 0.05) is 23.2 Å². The second-order valence-corrected chi connectivity index (χ2v) is 5.52. The number of aromatic nitrogens is 2. The maximum atomic E-state index is 4.50. The van der Waals surface area contributed by atoms with E-state index in [9.17, 15) is 0 Å². The highest BCUT2D eigenvalue weighted by Gasteiger charge is 2.10. The lowest BCUT2D eigenvalue weighted by Gasteiger charge is -2.10. The van der Waals surface area contributed by atoms with Gasteiger partial charge < -0.3 is 9.47 Å². The molecule has 2 aromatic heterocycles. The molecule has 88 valence electrons. The Morgan fingerprint density at radius 3 is 2.94 bits per heavy atom. The zero-order valence-electron chi connectivity index (χ0n) is 10.1. The molecule has 17 heavy (non-hydrogen) atoms. The first-order valence-electron chi connectivity index (χ1n) is 5.73. The Morgan fingerprint density at radius 2 is 2.12 bits per heavy atom. The van der Waals surface area contributed by atoms with Crippen molar-refractivity contribution in [3.63, 3.8) is 0 Å². The Morgan fingerprint density at radius 1 is 1.29 bits per heavy atom. The maximum Gasteiger partial charge on any atom is 0.142 e. The summed E-state index contributed by atoms with van der Waals surface area (Å²) in [5.74, 6) is 0. The van der Waals surface area contributed by atoms with Crippen LogP contribution in [0.15, 0.2) is 30.6 Å². The first-order valence-corrected chi connectivity index (χ1v) is 6.54. The van der Waals surface area contributed by atoms with Crippen molar-refractivity contribution in [1.82, 2.24) is 14.5 Å². The van der Waals surface area contributed by atoms with E-state index in [4.69, 9.17) is 0 Å². The van der Waals surface area contributed by atoms with Crippen LogP contribution >= 0.6 is 11.3 Å². The molecule has 3 nitrogen and oxygen atoms in total. The third kappa shape index (κ3) is 1.83. The molecular formula is C13H15N3S. The molecule has 4 heteroatoms. The monoisotopic (exact) mass is 245 g/mol. The first kappa shape index (κ1) is 10.7. The van der Waals surface area contributed by atoms with E-state index in [1.165, 1.54) is 15.6 Å². The van der Waals surface area contributed by atoms with E-state index in [0.717, 1.165) is 17.9 Å². The van der Waals surface area contributed by atoms with E-state index in [0.29, 0.717) is 0 Å². The van der Waals surface area contributed by atoms with E-state index in [1.54, 1.807) is 11.3 Å². The number of nitrogens with zero attached hydrogens (tertiary/aromatic N) is 3. The van der Waals surface area contributed by atoms with Gasteiger partial charge in [-0.05, 0) is 20.2 Å². The van der Waals surface area contributed by atoms with Crippen molar-refractivity contribution in [3.8, 4) is 0 Å². The lowest BCUT2D eigenvalue weighted by molar-refractivity contribution is 0.386. The van der Waals surface area contributed by atoms with Crippen LogP contribution in [0.25, 0.3) is 20.4 Å². The predicted molar refractivity (Wildman–Crippen MR) is 73.7 cm³/mol. The zero-order valence-corrected chi connectivity index (χ0v) is 10.9. The molecule has 0 N–H and O–H groups in total. The normalized spacial score (nSPS) is 11.9. The average molecular weight is 245 g/mol. The summed E-state index contributed by atoms with van der Waals surface area (Å²) in [6.45, 7) is 2.03. The number of thiophene rings is 1. The van der Waals surface area contributed by atoms with Crippen LogP contribution in [0.3, 0.4) is 0 Å². The maximum absolute atomic E-state index is 4.50. The average Bonchev–Trinajstić information content (AvgIpc) is 2.84. The number of rotatable bonds is 3. The number of hydrogen-bond donors (Lipinski definition) is 0. The Bertz CT molecular complexity index is 651. The van der Waals surface area contributed by atoms with E-state index in [1.807, 2.05) is 6.33 Å². The molecule has 1 aromatic carbocycles. The zero-order chi connectivity index (χ0) is 11.8. The predicted octanol–water partition coefficient (Wildman–Crippen LogP) is 2.81. The molecule has 0 saturated carbocycles. The summed E-state index contributed by atoms with van der Waals surface area (Å²) in [6, 6.07) is 8.53. The van der Waals surface area contributed by atoms with Gasteiger partial charge in [0.25, 0.3) is 0 Å². The molecule has 3 rings (SSSR count). The van der Waals surface area contributed by atoms with Gasteiger partial charge in [0.15, 0.2) is 0 Å². The molecule has 2 heterocycles. The Hall–Kier alpha value is -1.39. The molecule has 0 amide bonds. The quantitative estimate of drug-likeness (QED) is 0.707. The van der Waals surface area contributed by atoms with Crippen LogP contribution in [0.5, 0.6) is 0 Å². The summed E-state index contributed by atoms with van der Waals surface area (Å²) < 4.78 is 3.58. The summed E-state index contributed by atoms with van der Waals surface area (Å²) in [7, 11) is 4.19. The van der Waals surface area contributed by atoms with Gasteiger partial charge in [0.05, 0.1) is 11.8 Å². The van der Waals surface area contributed by atoms with Gasteiger partial charge in [-0.15, -0.1) is 11.3 Å². The minimum absolute atomic E-state index is 0.990. The number of fused-ring (bicyclic) bond motifs is 3. The van der Waals surface area contributed by atoms with Gasteiger partial charge in [-0.3, -0.25) is 0 Å². The third-order valence-electron chi connectivity index (χ3n) is 2.94. The molecule has 3 aromatic rings. The second kappa shape index (κ2) is 4.13. The van der Waals surface area contributed by atoms with Crippen molar-refractivity contribution >= 4 is 31.8 Å². The van der Waals surface area contributed by atoms with Crippen LogP contribution < -0.4 is 0 Å². The van der Waals surface area contributed by atoms with Crippen molar-refractivity contribution in [2.75, 3.05) is 20.6 Å². The lowest BCUT2D eigenvalue weighted by atomic mass is 10.2. The molecule has 0 unspecified atom stereocenters. The molecular weight excluding hydrogens is 230 g/mol. The van der Waals surface area contributed by atoms with E-state index >= 15 is 0 Å². The van der Waals surface area contributed by atoms with Crippen LogP contribution in [0.4, 0.5) is 0 Å². The first-order chi connectivity index (χ1) is 8.25. The standard InChI is InChI=1S/C13H15N3S/c1-15(2)7-8-16-9-14-13-12(16)10-5-3-4-6-11(10)17-13/h3-6,9H,7-8H2,1-2H3. The second-order valence-electron chi connectivity index (χ2n) is 4.49. The van der Waals surface area contributed by atoms with Gasteiger partial charge in [-0.25, -0.2) is 4.98 Å². The van der Waals surface area contributed by atoms with Crippen LogP contribution in [0.2, 0.25) is 0 Å². The lowest BCUT2D eigenvalue weighted by Crippen LogP contribution is -2.17. The molecule has 0 spiro atoms. The molecule has 0 aliphatic rings. The minimum Gasteiger partial charge on any atom is -0.328 e. The number of hydrogen-bond acceptors (Lipinski definition) is 3. The van der Waals surface area contributed by atoms with Gasteiger partial charge >= 0.3 is 0 Å². The fraction of sp³-hybridized carbons (Fsp3) is 0.308. The molecule has 0 bridgehead atoms. The molecule has 0 radical (unpaired) electrons. The van der Waals surface area contributed by atoms with Crippen LogP contribution in [-0.2, 0) is 6.54 Å². The molecule has 0 aliphatic carbocycles. The van der Waals surface area contributed by atoms with E-state index in [-0.39, 0.29) is 0 Å². The highest BCUT2D eigenvalue weighted by atomic mass is 32.1. The SMILES string of the molecule is CN(C)CCn1cnc2sc3ccccc3c21. The van der Waals surface area contributed by atoms with Crippen molar-refractivity contribution in [3.05, 3.63) is 30.6 Å². The smallest absolute Gasteiger partial charge is 0.142 e. The minimum atomic E-state index is 0.990. The highest BCUT2D eigenvalue weighted by Crippen LogP contribution is 2.32. The Kier molecular flexibility index (Phi) is 2.61. The summed E-state index contributed by atoms with van der Waals surface area (Å²) in [4.78, 5) is 7.84. The Balaban J connectivity index is 2.12. The summed E-state index contributed by atoms with van der Waals surface area (Å²) >= 11 is 1.77. The Labute approximate surface area is 104 Å². The third-order valence-corrected chi connectivity index (χ3v) is 4.01. The van der Waals surface area contributed by atoms with Gasteiger partial charge in [-0.2, -0.15) is 0 Å². The van der Waals surface area contributed by atoms with Crippen LogP contribution in [-0.4, -0.2) is 35.1 Å². The molecule has 0 aliphatic heterocycles.